The summed E-state index contributed by atoms with van der Waals surface area (Å²) >= 11 is 0. The van der Waals surface area contributed by atoms with Crippen LogP contribution in [-0.4, -0.2) is 165 Å². The zero-order valence-electron chi connectivity index (χ0n) is 28.2. The van der Waals surface area contributed by atoms with Crippen molar-refractivity contribution < 1.29 is 60.6 Å². The second kappa shape index (κ2) is 22.4. The van der Waals surface area contributed by atoms with Gasteiger partial charge in [-0.05, 0) is 46.5 Å². The minimum absolute atomic E-state index is 0.0120. The molecule has 2 fully saturated rings. The molecule has 1 amide bonds. The standard InChI is InChI=1S/C31H57F3N2O10/c1-29(2,3)46-28(37)35-11-7-30(8-12-35,31(32,33)34)36-9-5-27(6-10-36)45-26-25-44-24-23-43-22-21-42-20-19-41-18-17-40-16-15-39-14-13-38-4/h27H,5-26H2,1-4H3. The average Bonchev–Trinajstić information content (AvgIpc) is 3.01. The van der Waals surface area contributed by atoms with Crippen LogP contribution >= 0.6 is 0 Å². The van der Waals surface area contributed by atoms with Crippen LogP contribution in [0.5, 0.6) is 0 Å². The van der Waals surface area contributed by atoms with Crippen molar-refractivity contribution in [3.05, 3.63) is 0 Å². The fourth-order valence-corrected chi connectivity index (χ4v) is 5.23. The van der Waals surface area contributed by atoms with Gasteiger partial charge in [0, 0.05) is 33.3 Å². The van der Waals surface area contributed by atoms with Crippen molar-refractivity contribution in [1.82, 2.24) is 9.80 Å². The summed E-state index contributed by atoms with van der Waals surface area (Å²) in [6.07, 6.45) is -4.37. The van der Waals surface area contributed by atoms with Gasteiger partial charge in [0.1, 0.15) is 11.1 Å². The molecule has 0 aromatic heterocycles. The topological polar surface area (TPSA) is 107 Å². The smallest absolute Gasteiger partial charge is 0.410 e. The number of methoxy groups -OCH3 is 1. The summed E-state index contributed by atoms with van der Waals surface area (Å²) in [5.74, 6) is 0. The van der Waals surface area contributed by atoms with E-state index in [9.17, 15) is 18.0 Å². The van der Waals surface area contributed by atoms with Gasteiger partial charge < -0.3 is 47.5 Å². The molecule has 2 saturated heterocycles. The SMILES string of the molecule is COCCOCCOCCOCCOCCOCCOCCOC1CCN(C2(C(F)(F)F)CCN(C(=O)OC(C)(C)C)CC2)CC1. The van der Waals surface area contributed by atoms with E-state index in [1.807, 2.05) is 0 Å². The number of alkyl halides is 3. The average molecular weight is 675 g/mol. The number of halogens is 3. The van der Waals surface area contributed by atoms with E-state index in [0.717, 1.165) is 0 Å². The summed E-state index contributed by atoms with van der Waals surface area (Å²) in [5.41, 5.74) is -2.63. The molecule has 0 aromatic carbocycles. The number of nitrogens with zero attached hydrogens (tertiary/aromatic N) is 2. The highest BCUT2D eigenvalue weighted by molar-refractivity contribution is 5.68. The number of hydrogen-bond acceptors (Lipinski definition) is 11. The normalized spacial score (nSPS) is 18.3. The molecule has 0 N–H and O–H groups in total. The summed E-state index contributed by atoms with van der Waals surface area (Å²) in [7, 11) is 1.63. The van der Waals surface area contributed by atoms with Crippen LogP contribution in [0.15, 0.2) is 0 Å². The molecule has 2 rings (SSSR count). The maximum atomic E-state index is 14.4. The molecule has 46 heavy (non-hydrogen) atoms. The molecule has 15 heteroatoms. The first kappa shape index (κ1) is 40.9. The first-order valence-electron chi connectivity index (χ1n) is 16.4. The third-order valence-electron chi connectivity index (χ3n) is 7.69. The lowest BCUT2D eigenvalue weighted by Crippen LogP contribution is -2.65. The molecule has 0 saturated carbocycles. The van der Waals surface area contributed by atoms with Crippen molar-refractivity contribution in [2.45, 2.75) is 69.9 Å². The Kier molecular flexibility index (Phi) is 19.9. The molecule has 272 valence electrons. The number of carbonyl (C=O) groups excluding carboxylic acids is 1. The van der Waals surface area contributed by atoms with Crippen molar-refractivity contribution >= 4 is 6.09 Å². The molecular weight excluding hydrogens is 617 g/mol. The number of amides is 1. The van der Waals surface area contributed by atoms with Crippen molar-refractivity contribution in [3.63, 3.8) is 0 Å². The molecule has 12 nitrogen and oxygen atoms in total. The summed E-state index contributed by atoms with van der Waals surface area (Å²) in [6.45, 7) is 12.5. The van der Waals surface area contributed by atoms with E-state index in [4.69, 9.17) is 42.6 Å². The predicted octanol–water partition coefficient (Wildman–Crippen LogP) is 3.55. The van der Waals surface area contributed by atoms with Crippen LogP contribution in [0.2, 0.25) is 0 Å². The lowest BCUT2D eigenvalue weighted by Gasteiger charge is -2.51. The molecule has 0 unspecified atom stereocenters. The summed E-state index contributed by atoms with van der Waals surface area (Å²) < 4.78 is 91.9. The number of carbonyl (C=O) groups is 1. The third-order valence-corrected chi connectivity index (χ3v) is 7.69. The highest BCUT2D eigenvalue weighted by Gasteiger charge is 2.59. The van der Waals surface area contributed by atoms with Crippen LogP contribution in [0.3, 0.4) is 0 Å². The number of hydrogen-bond donors (Lipinski definition) is 0. The van der Waals surface area contributed by atoms with Crippen LogP contribution in [0.4, 0.5) is 18.0 Å². The van der Waals surface area contributed by atoms with E-state index in [-0.39, 0.29) is 32.0 Å². The Morgan fingerprint density at radius 2 is 1.04 bits per heavy atom. The van der Waals surface area contributed by atoms with Crippen LogP contribution in [-0.2, 0) is 42.6 Å². The Labute approximate surface area is 272 Å². The van der Waals surface area contributed by atoms with Gasteiger partial charge in [0.15, 0.2) is 0 Å². The van der Waals surface area contributed by atoms with Gasteiger partial charge >= 0.3 is 12.3 Å². The second-order valence-corrected chi connectivity index (χ2v) is 12.2. The van der Waals surface area contributed by atoms with Gasteiger partial charge in [-0.15, -0.1) is 0 Å². The van der Waals surface area contributed by atoms with E-state index in [1.165, 1.54) is 4.90 Å². The lowest BCUT2D eigenvalue weighted by molar-refractivity contribution is -0.250. The Hall–Kier alpha value is -1.30. The van der Waals surface area contributed by atoms with Crippen LogP contribution in [0.1, 0.15) is 46.5 Å². The third kappa shape index (κ3) is 16.2. The molecule has 0 aliphatic carbocycles. The maximum absolute atomic E-state index is 14.4. The molecular formula is C31H57F3N2O10. The van der Waals surface area contributed by atoms with E-state index in [0.29, 0.717) is 118 Å². The van der Waals surface area contributed by atoms with Gasteiger partial charge in [-0.3, -0.25) is 4.90 Å². The fraction of sp³-hybridized carbons (Fsp3) is 0.968. The van der Waals surface area contributed by atoms with Crippen LogP contribution < -0.4 is 0 Å². The van der Waals surface area contributed by atoms with Crippen molar-refractivity contribution in [2.75, 3.05) is 126 Å². The molecule has 0 aromatic rings. The number of likely N-dealkylation sites (tertiary alicyclic amines) is 2. The first-order valence-corrected chi connectivity index (χ1v) is 16.4. The van der Waals surface area contributed by atoms with Gasteiger partial charge in [0.2, 0.25) is 0 Å². The minimum atomic E-state index is -4.40. The molecule has 2 heterocycles. The van der Waals surface area contributed by atoms with E-state index < -0.39 is 23.4 Å². The summed E-state index contributed by atoms with van der Waals surface area (Å²) in [6, 6.07) is 0. The molecule has 0 spiro atoms. The largest absolute Gasteiger partial charge is 0.444 e. The first-order chi connectivity index (χ1) is 22.0. The maximum Gasteiger partial charge on any atom is 0.410 e. The van der Waals surface area contributed by atoms with Crippen molar-refractivity contribution in [2.24, 2.45) is 0 Å². The monoisotopic (exact) mass is 674 g/mol. The summed E-state index contributed by atoms with van der Waals surface area (Å²) in [5, 5.41) is 0. The Morgan fingerprint density at radius 1 is 0.652 bits per heavy atom. The predicted molar refractivity (Wildman–Crippen MR) is 163 cm³/mol. The van der Waals surface area contributed by atoms with Gasteiger partial charge in [-0.1, -0.05) is 0 Å². The van der Waals surface area contributed by atoms with Gasteiger partial charge in [-0.25, -0.2) is 4.79 Å². The Morgan fingerprint density at radius 3 is 1.41 bits per heavy atom. The molecule has 2 aliphatic rings. The number of piperidine rings is 2. The highest BCUT2D eigenvalue weighted by atomic mass is 19.4. The van der Waals surface area contributed by atoms with E-state index in [1.54, 1.807) is 32.8 Å². The Bertz CT molecular complexity index is 788. The molecule has 0 atom stereocenters. The minimum Gasteiger partial charge on any atom is -0.444 e. The summed E-state index contributed by atoms with van der Waals surface area (Å²) in [4.78, 5) is 15.3. The zero-order chi connectivity index (χ0) is 33.7. The Balaban J connectivity index is 1.44. The second-order valence-electron chi connectivity index (χ2n) is 12.2. The number of rotatable bonds is 23. The number of ether oxygens (including phenoxy) is 9. The fourth-order valence-electron chi connectivity index (χ4n) is 5.23. The molecule has 0 bridgehead atoms. The quantitative estimate of drug-likeness (QED) is 0.149. The van der Waals surface area contributed by atoms with Crippen molar-refractivity contribution in [3.8, 4) is 0 Å². The molecule has 0 radical (unpaired) electrons. The van der Waals surface area contributed by atoms with Gasteiger partial charge in [0.25, 0.3) is 0 Å². The van der Waals surface area contributed by atoms with Crippen molar-refractivity contribution in [1.29, 1.82) is 0 Å². The highest BCUT2D eigenvalue weighted by Crippen LogP contribution is 2.44. The van der Waals surface area contributed by atoms with E-state index >= 15 is 0 Å². The molecule has 2 aliphatic heterocycles. The zero-order valence-corrected chi connectivity index (χ0v) is 28.2. The van der Waals surface area contributed by atoms with Crippen LogP contribution in [0, 0.1) is 0 Å². The van der Waals surface area contributed by atoms with Gasteiger partial charge in [0.05, 0.1) is 98.6 Å². The van der Waals surface area contributed by atoms with Gasteiger partial charge in [-0.2, -0.15) is 13.2 Å². The van der Waals surface area contributed by atoms with Crippen LogP contribution in [0.25, 0.3) is 0 Å². The van der Waals surface area contributed by atoms with E-state index in [2.05, 4.69) is 0 Å². The lowest BCUT2D eigenvalue weighted by atomic mass is 9.83.